The quantitative estimate of drug-likeness (QED) is 0.0131. The SMILES string of the molecule is CCCCCCCCOC(=O)/C(C#N)=C/c1sc(-c2cc(C)c(-c3cc4c(s3)-c3sc(-c5sc(-c6cc(C)c(/C=C(\C#N)C(=O)OCCCCCCCC)s6)cc5C)cc3[Si]4(CC(CC)CCCC)CC(CC)CCCC)s2)cc1C. The highest BCUT2D eigenvalue weighted by molar-refractivity contribution is 7.34. The van der Waals surface area contributed by atoms with Crippen LogP contribution in [0.2, 0.25) is 12.1 Å². The second kappa shape index (κ2) is 31.6. The van der Waals surface area contributed by atoms with Crippen LogP contribution in [0.25, 0.3) is 60.9 Å². The average molecular weight is 1220 g/mol. The van der Waals surface area contributed by atoms with Crippen molar-refractivity contribution in [2.24, 2.45) is 11.8 Å². The molecule has 0 saturated carbocycles. The zero-order valence-corrected chi connectivity index (χ0v) is 56.1. The Morgan fingerprint density at radius 3 is 1.17 bits per heavy atom. The van der Waals surface area contributed by atoms with Crippen molar-refractivity contribution in [1.82, 2.24) is 0 Å². The van der Waals surface area contributed by atoms with Gasteiger partial charge < -0.3 is 9.47 Å². The highest BCUT2D eigenvalue weighted by atomic mass is 32.1. The third-order valence-corrected chi connectivity index (χ3v) is 30.2. The molecule has 0 spiro atoms. The second-order valence-electron chi connectivity index (χ2n) is 22.7. The largest absolute Gasteiger partial charge is 0.462 e. The predicted molar refractivity (Wildman–Crippen MR) is 357 cm³/mol. The Morgan fingerprint density at radius 1 is 0.457 bits per heavy atom. The number of carbonyl (C=O) groups is 2. The van der Waals surface area contributed by atoms with E-state index in [1.165, 1.54) is 152 Å². The monoisotopic (exact) mass is 1220 g/mol. The van der Waals surface area contributed by atoms with Gasteiger partial charge in [-0.15, -0.1) is 68.0 Å². The summed E-state index contributed by atoms with van der Waals surface area (Å²) >= 11 is 11.1. The molecule has 434 valence electrons. The normalized spacial score (nSPS) is 14.9. The Labute approximate surface area is 511 Å². The molecular formula is C68H88N2O4S6Si. The number of ether oxygens (including phenoxy) is 2. The fraction of sp³-hybridized carbons (Fsp3) is 0.529. The zero-order valence-electron chi connectivity index (χ0n) is 50.2. The second-order valence-corrected chi connectivity index (χ2v) is 33.2. The van der Waals surface area contributed by atoms with Gasteiger partial charge in [0.2, 0.25) is 0 Å². The van der Waals surface area contributed by atoms with Crippen molar-refractivity contribution in [3.8, 4) is 60.9 Å². The number of fused-ring (bicyclic) bond motifs is 3. The summed E-state index contributed by atoms with van der Waals surface area (Å²) in [5.41, 5.74) is 4.78. The summed E-state index contributed by atoms with van der Waals surface area (Å²) in [6.07, 6.45) is 26.7. The fourth-order valence-electron chi connectivity index (χ4n) is 11.6. The molecular weight excluding hydrogens is 1130 g/mol. The number of esters is 2. The number of nitriles is 2. The smallest absolute Gasteiger partial charge is 0.348 e. The maximum Gasteiger partial charge on any atom is 0.348 e. The molecule has 0 N–H and O–H groups in total. The van der Waals surface area contributed by atoms with Crippen LogP contribution >= 0.6 is 68.0 Å². The fourth-order valence-corrected chi connectivity index (χ4v) is 27.1. The molecule has 7 rings (SSSR count). The minimum Gasteiger partial charge on any atom is -0.462 e. The molecule has 0 radical (unpaired) electrons. The van der Waals surface area contributed by atoms with Gasteiger partial charge in [0.05, 0.1) is 13.2 Å². The van der Waals surface area contributed by atoms with Gasteiger partial charge in [0.1, 0.15) is 31.4 Å². The number of unbranched alkanes of at least 4 members (excludes halogenated alkanes) is 12. The summed E-state index contributed by atoms with van der Waals surface area (Å²) in [5, 5.41) is 23.5. The van der Waals surface area contributed by atoms with Gasteiger partial charge in [0.25, 0.3) is 0 Å². The van der Waals surface area contributed by atoms with Crippen LogP contribution in [0.15, 0.2) is 47.5 Å². The van der Waals surface area contributed by atoms with Crippen LogP contribution in [0.3, 0.4) is 0 Å². The van der Waals surface area contributed by atoms with E-state index in [0.717, 1.165) is 69.2 Å². The lowest BCUT2D eigenvalue weighted by molar-refractivity contribution is -0.139. The van der Waals surface area contributed by atoms with Crippen LogP contribution in [0.1, 0.15) is 202 Å². The highest BCUT2D eigenvalue weighted by Gasteiger charge is 2.50. The van der Waals surface area contributed by atoms with Crippen LogP contribution in [-0.4, -0.2) is 33.2 Å². The third-order valence-electron chi connectivity index (χ3n) is 16.4. The van der Waals surface area contributed by atoms with Crippen LogP contribution in [0, 0.1) is 62.2 Å². The van der Waals surface area contributed by atoms with E-state index in [-0.39, 0.29) is 11.1 Å². The van der Waals surface area contributed by atoms with Gasteiger partial charge in [-0.3, -0.25) is 0 Å². The zero-order chi connectivity index (χ0) is 58.1. The van der Waals surface area contributed by atoms with Gasteiger partial charge in [0, 0.05) is 58.5 Å². The van der Waals surface area contributed by atoms with Gasteiger partial charge in [-0.2, -0.15) is 10.5 Å². The molecule has 2 atom stereocenters. The molecule has 1 aliphatic heterocycles. The van der Waals surface area contributed by atoms with Crippen molar-refractivity contribution in [1.29, 1.82) is 10.5 Å². The summed E-state index contributed by atoms with van der Waals surface area (Å²) in [6, 6.07) is 21.3. The van der Waals surface area contributed by atoms with Crippen LogP contribution in [0.5, 0.6) is 0 Å². The van der Waals surface area contributed by atoms with Crippen molar-refractivity contribution < 1.29 is 19.1 Å². The van der Waals surface area contributed by atoms with Crippen LogP contribution in [0.4, 0.5) is 0 Å². The average Bonchev–Trinajstić information content (AvgIpc) is 4.49. The molecule has 0 amide bonds. The number of aryl methyl sites for hydroxylation is 4. The van der Waals surface area contributed by atoms with E-state index < -0.39 is 20.0 Å². The van der Waals surface area contributed by atoms with Crippen molar-refractivity contribution >= 4 is 111 Å². The third kappa shape index (κ3) is 16.2. The summed E-state index contributed by atoms with van der Waals surface area (Å²) in [5.74, 6) is 0.287. The van der Waals surface area contributed by atoms with Crippen molar-refractivity contribution in [3.63, 3.8) is 0 Å². The van der Waals surface area contributed by atoms with Crippen molar-refractivity contribution in [2.45, 2.75) is 210 Å². The first-order valence-electron chi connectivity index (χ1n) is 30.6. The summed E-state index contributed by atoms with van der Waals surface area (Å²) in [6.45, 7) is 23.3. The lowest BCUT2D eigenvalue weighted by Crippen LogP contribution is -2.56. The molecule has 0 bridgehead atoms. The van der Waals surface area contributed by atoms with Gasteiger partial charge in [-0.1, -0.05) is 157 Å². The number of carbonyl (C=O) groups excluding carboxylic acids is 2. The number of nitrogens with zero attached hydrogens (tertiary/aromatic N) is 2. The Bertz CT molecular complexity index is 2980. The Morgan fingerprint density at radius 2 is 0.802 bits per heavy atom. The van der Waals surface area contributed by atoms with E-state index in [1.54, 1.807) is 45.2 Å². The first-order valence-corrected chi connectivity index (χ1v) is 37.9. The molecule has 0 fully saturated rings. The maximum absolute atomic E-state index is 13.1. The molecule has 6 nitrogen and oxygen atoms in total. The lowest BCUT2D eigenvalue weighted by Gasteiger charge is -2.35. The Hall–Kier alpha value is -4.18. The molecule has 6 aromatic heterocycles. The molecule has 7 heterocycles. The number of thiophene rings is 6. The van der Waals surface area contributed by atoms with E-state index in [2.05, 4.69) is 118 Å². The van der Waals surface area contributed by atoms with Gasteiger partial charge in [-0.25, -0.2) is 9.59 Å². The molecule has 1 aliphatic rings. The van der Waals surface area contributed by atoms with Gasteiger partial charge in [-0.05, 0) is 146 Å². The molecule has 0 aromatic carbocycles. The standard InChI is InChI=1S/C68H88N2O4S6Si/c1-11-17-21-23-25-27-31-73-67(71)51(41-69)37-53-45(7)33-55(75-53)57-35-47(9)63(77-57)59-39-61-65(79-59)66-62(81(61,43-49(15-5)29-19-13-3)44-50(16-6)30-20-14-4)40-60(80-66)64-48(10)36-58(78-64)56-34-46(8)54(76-56)38-52(42-70)68(72)74-32-28-26-24-22-18-12-2/h33-40,49-50H,11-32,43-44H2,1-10H3/b51-37+,52-38+. The molecule has 81 heavy (non-hydrogen) atoms. The van der Waals surface area contributed by atoms with E-state index in [9.17, 15) is 20.1 Å². The minimum atomic E-state index is -2.32. The highest BCUT2D eigenvalue weighted by Crippen LogP contribution is 2.53. The lowest BCUT2D eigenvalue weighted by atomic mass is 10.0. The summed E-state index contributed by atoms with van der Waals surface area (Å²) in [7, 11) is -2.32. The first-order chi connectivity index (χ1) is 39.3. The number of rotatable bonds is 34. The minimum absolute atomic E-state index is 0.0535. The van der Waals surface area contributed by atoms with Crippen LogP contribution < -0.4 is 10.4 Å². The van der Waals surface area contributed by atoms with Crippen molar-refractivity contribution in [3.05, 3.63) is 79.6 Å². The van der Waals surface area contributed by atoms with Gasteiger partial charge in [0.15, 0.2) is 0 Å². The Kier molecular flexibility index (Phi) is 25.1. The van der Waals surface area contributed by atoms with E-state index >= 15 is 0 Å². The van der Waals surface area contributed by atoms with E-state index in [1.807, 2.05) is 45.3 Å². The van der Waals surface area contributed by atoms with Crippen LogP contribution in [-0.2, 0) is 19.1 Å². The number of hydrogen-bond donors (Lipinski definition) is 0. The Balaban J connectivity index is 1.22. The molecule has 0 aliphatic carbocycles. The van der Waals surface area contributed by atoms with Crippen molar-refractivity contribution in [2.75, 3.05) is 13.2 Å². The molecule has 6 aromatic rings. The predicted octanol–water partition coefficient (Wildman–Crippen LogP) is 21.6. The maximum atomic E-state index is 13.1. The number of hydrogen-bond acceptors (Lipinski definition) is 12. The van der Waals surface area contributed by atoms with E-state index in [0.29, 0.717) is 25.0 Å². The molecule has 0 saturated heterocycles. The summed E-state index contributed by atoms with van der Waals surface area (Å²) < 4.78 is 11.1. The topological polar surface area (TPSA) is 100 Å². The molecule has 13 heteroatoms. The molecule has 2 unspecified atom stereocenters. The van der Waals surface area contributed by atoms with Gasteiger partial charge >= 0.3 is 11.9 Å². The first kappa shape index (κ1) is 64.4. The van der Waals surface area contributed by atoms with E-state index in [4.69, 9.17) is 9.47 Å². The summed E-state index contributed by atoms with van der Waals surface area (Å²) in [4.78, 5) is 41.2.